The van der Waals surface area contributed by atoms with Crippen LogP contribution >= 0.6 is 0 Å². The third-order valence-electron chi connectivity index (χ3n) is 4.14. The Labute approximate surface area is 126 Å². The number of fused-ring (bicyclic) bond motifs is 1. The van der Waals surface area contributed by atoms with Crippen LogP contribution in [0.1, 0.15) is 36.2 Å². The maximum absolute atomic E-state index is 4.63. The molecule has 0 bridgehead atoms. The Morgan fingerprint density at radius 1 is 1.19 bits per heavy atom. The zero-order valence-corrected chi connectivity index (χ0v) is 13.3. The third-order valence-corrected chi connectivity index (χ3v) is 4.14. The van der Waals surface area contributed by atoms with Gasteiger partial charge in [0.25, 0.3) is 0 Å². The summed E-state index contributed by atoms with van der Waals surface area (Å²) in [6.45, 7) is 9.28. The lowest BCUT2D eigenvalue weighted by Crippen LogP contribution is -2.25. The molecule has 1 aromatic heterocycles. The predicted molar refractivity (Wildman–Crippen MR) is 86.2 cm³/mol. The lowest BCUT2D eigenvalue weighted by atomic mass is 10.1. The Morgan fingerprint density at radius 3 is 2.38 bits per heavy atom. The van der Waals surface area contributed by atoms with Gasteiger partial charge in [-0.15, -0.1) is 0 Å². The van der Waals surface area contributed by atoms with Gasteiger partial charge in [0, 0.05) is 38.3 Å². The van der Waals surface area contributed by atoms with Gasteiger partial charge in [0.05, 0.1) is 5.69 Å². The molecule has 0 unspecified atom stereocenters. The minimum absolute atomic E-state index is 0.480. The smallest absolute Gasteiger partial charge is 0.131 e. The van der Waals surface area contributed by atoms with Crippen LogP contribution in [0, 0.1) is 6.92 Å². The summed E-state index contributed by atoms with van der Waals surface area (Å²) in [6, 6.07) is 9.18. The molecule has 4 nitrogen and oxygen atoms in total. The highest BCUT2D eigenvalue weighted by molar-refractivity contribution is 5.54. The molecule has 21 heavy (non-hydrogen) atoms. The largest absolute Gasteiger partial charge is 0.348 e. The maximum Gasteiger partial charge on any atom is 0.131 e. The molecular weight excluding hydrogens is 260 g/mol. The van der Waals surface area contributed by atoms with Crippen LogP contribution in [0.2, 0.25) is 0 Å². The van der Waals surface area contributed by atoms with Gasteiger partial charge in [-0.1, -0.05) is 38.1 Å². The molecule has 1 aliphatic heterocycles. The lowest BCUT2D eigenvalue weighted by Gasteiger charge is -2.20. The number of benzene rings is 1. The first-order valence-corrected chi connectivity index (χ1v) is 7.64. The second-order valence-electron chi connectivity index (χ2n) is 6.17. The number of aryl methyl sites for hydroxylation is 2. The summed E-state index contributed by atoms with van der Waals surface area (Å²) >= 11 is 0. The molecule has 4 heteroatoms. The summed E-state index contributed by atoms with van der Waals surface area (Å²) in [6.07, 6.45) is 0. The van der Waals surface area contributed by atoms with Crippen molar-refractivity contribution < 1.29 is 0 Å². The highest BCUT2D eigenvalue weighted by Crippen LogP contribution is 2.31. The molecule has 0 radical (unpaired) electrons. The highest BCUT2D eigenvalue weighted by atomic mass is 15.4. The molecule has 0 spiro atoms. The van der Waals surface area contributed by atoms with E-state index >= 15 is 0 Å². The third kappa shape index (κ3) is 2.68. The molecule has 3 rings (SSSR count). The topological polar surface area (TPSA) is 33.1 Å². The van der Waals surface area contributed by atoms with Crippen LogP contribution in [0.3, 0.4) is 0 Å². The lowest BCUT2D eigenvalue weighted by molar-refractivity contribution is 0.586. The van der Waals surface area contributed by atoms with Crippen molar-refractivity contribution in [2.45, 2.75) is 46.4 Å². The quantitative estimate of drug-likeness (QED) is 0.937. The van der Waals surface area contributed by atoms with Gasteiger partial charge in [-0.05, 0) is 18.1 Å². The van der Waals surface area contributed by atoms with Crippen LogP contribution in [0.5, 0.6) is 0 Å². The van der Waals surface area contributed by atoms with E-state index in [0.717, 1.165) is 25.3 Å². The predicted octanol–water partition coefficient (Wildman–Crippen LogP) is 2.75. The number of rotatable bonds is 4. The molecule has 0 saturated carbocycles. The van der Waals surface area contributed by atoms with Crippen LogP contribution in [-0.2, 0) is 26.7 Å². The normalized spacial score (nSPS) is 14.0. The van der Waals surface area contributed by atoms with Gasteiger partial charge < -0.3 is 10.2 Å². The Hall–Kier alpha value is -1.81. The monoisotopic (exact) mass is 284 g/mol. The van der Waals surface area contributed by atoms with Crippen molar-refractivity contribution in [2.24, 2.45) is 7.05 Å². The van der Waals surface area contributed by atoms with Gasteiger partial charge in [-0.3, -0.25) is 4.68 Å². The van der Waals surface area contributed by atoms with E-state index in [1.54, 1.807) is 0 Å². The molecule has 1 N–H and O–H groups in total. The van der Waals surface area contributed by atoms with E-state index in [0.29, 0.717) is 6.04 Å². The summed E-state index contributed by atoms with van der Waals surface area (Å²) < 4.78 is 2.03. The molecule has 0 atom stereocenters. The molecule has 112 valence electrons. The number of nitrogens with one attached hydrogen (secondary N) is 1. The van der Waals surface area contributed by atoms with Crippen LogP contribution in [-0.4, -0.2) is 15.8 Å². The molecule has 2 aromatic rings. The fourth-order valence-corrected chi connectivity index (χ4v) is 3.08. The van der Waals surface area contributed by atoms with Crippen molar-refractivity contribution in [1.29, 1.82) is 0 Å². The summed E-state index contributed by atoms with van der Waals surface area (Å²) in [5, 5.41) is 8.15. The van der Waals surface area contributed by atoms with Crippen LogP contribution < -0.4 is 10.2 Å². The van der Waals surface area contributed by atoms with E-state index in [9.17, 15) is 0 Å². The molecule has 0 fully saturated rings. The van der Waals surface area contributed by atoms with E-state index in [1.807, 2.05) is 11.7 Å². The van der Waals surface area contributed by atoms with Gasteiger partial charge in [-0.2, -0.15) is 5.10 Å². The van der Waals surface area contributed by atoms with Gasteiger partial charge in [0.1, 0.15) is 5.82 Å². The second-order valence-corrected chi connectivity index (χ2v) is 6.17. The molecule has 0 aliphatic carbocycles. The summed E-state index contributed by atoms with van der Waals surface area (Å²) in [4.78, 5) is 2.43. The first-order valence-electron chi connectivity index (χ1n) is 7.64. The zero-order valence-electron chi connectivity index (χ0n) is 13.3. The van der Waals surface area contributed by atoms with Gasteiger partial charge in [0.2, 0.25) is 0 Å². The Morgan fingerprint density at radius 2 is 1.81 bits per heavy atom. The minimum Gasteiger partial charge on any atom is -0.348 e. The van der Waals surface area contributed by atoms with E-state index in [2.05, 4.69) is 60.4 Å². The van der Waals surface area contributed by atoms with Crippen molar-refractivity contribution in [3.05, 3.63) is 46.6 Å². The number of anilines is 1. The average molecular weight is 284 g/mol. The van der Waals surface area contributed by atoms with E-state index in [-0.39, 0.29) is 0 Å². The summed E-state index contributed by atoms with van der Waals surface area (Å²) in [5.74, 6) is 1.25. The fourth-order valence-electron chi connectivity index (χ4n) is 3.08. The van der Waals surface area contributed by atoms with Crippen LogP contribution in [0.4, 0.5) is 5.82 Å². The SMILES string of the molecule is Cc1nn(C)c(N2Cc3ccccc3C2)c1CNC(C)C. The summed E-state index contributed by atoms with van der Waals surface area (Å²) in [7, 11) is 2.05. The van der Waals surface area contributed by atoms with Crippen molar-refractivity contribution >= 4 is 5.82 Å². The molecule has 0 amide bonds. The van der Waals surface area contributed by atoms with Crippen molar-refractivity contribution in [2.75, 3.05) is 4.90 Å². The Kier molecular flexibility index (Phi) is 3.72. The van der Waals surface area contributed by atoms with Gasteiger partial charge in [0.15, 0.2) is 0 Å². The zero-order chi connectivity index (χ0) is 15.0. The van der Waals surface area contributed by atoms with Crippen molar-refractivity contribution in [1.82, 2.24) is 15.1 Å². The van der Waals surface area contributed by atoms with Crippen LogP contribution in [0.15, 0.2) is 24.3 Å². The molecule has 1 aromatic carbocycles. The van der Waals surface area contributed by atoms with E-state index < -0.39 is 0 Å². The van der Waals surface area contributed by atoms with Crippen molar-refractivity contribution in [3.8, 4) is 0 Å². The molecular formula is C17H24N4. The molecule has 2 heterocycles. The van der Waals surface area contributed by atoms with E-state index in [1.165, 1.54) is 22.5 Å². The Balaban J connectivity index is 1.89. The molecule has 0 saturated heterocycles. The first kappa shape index (κ1) is 14.1. The average Bonchev–Trinajstić information content (AvgIpc) is 2.96. The second kappa shape index (κ2) is 5.53. The number of aromatic nitrogens is 2. The Bertz CT molecular complexity index is 617. The number of nitrogens with zero attached hydrogens (tertiary/aromatic N) is 3. The van der Waals surface area contributed by atoms with Gasteiger partial charge >= 0.3 is 0 Å². The number of hydrogen-bond donors (Lipinski definition) is 1. The maximum atomic E-state index is 4.63. The number of hydrogen-bond acceptors (Lipinski definition) is 3. The molecule has 1 aliphatic rings. The first-order chi connectivity index (χ1) is 10.1. The minimum atomic E-state index is 0.480. The van der Waals surface area contributed by atoms with Crippen LogP contribution in [0.25, 0.3) is 0 Å². The summed E-state index contributed by atoms with van der Waals surface area (Å²) in [5.41, 5.74) is 5.30. The standard InChI is InChI=1S/C17H24N4/c1-12(2)18-9-16-13(3)19-20(4)17(16)21-10-14-7-5-6-8-15(14)11-21/h5-8,12,18H,9-11H2,1-4H3. The fraction of sp³-hybridized carbons (Fsp3) is 0.471. The van der Waals surface area contributed by atoms with Gasteiger partial charge in [-0.25, -0.2) is 0 Å². The highest BCUT2D eigenvalue weighted by Gasteiger charge is 2.25. The van der Waals surface area contributed by atoms with Crippen molar-refractivity contribution in [3.63, 3.8) is 0 Å². The van der Waals surface area contributed by atoms with E-state index in [4.69, 9.17) is 0 Å².